The van der Waals surface area contributed by atoms with Gasteiger partial charge in [-0.3, -0.25) is 4.79 Å². The lowest BCUT2D eigenvalue weighted by Crippen LogP contribution is -2.45. The molecule has 0 bridgehead atoms. The number of nitrogens with one attached hydrogen (secondary N) is 2. The lowest BCUT2D eigenvalue weighted by molar-refractivity contribution is -0.119. The van der Waals surface area contributed by atoms with E-state index in [9.17, 15) is 9.90 Å². The standard InChI is InChI=1S/C16H26N2O3/c1-11-4-9-15(21-11)16(3,20)10-17-13-5-7-14(8-6-13)18-12(2)19/h4,9,13-14,17,20H,5-8,10H2,1-3H3,(H,18,19)/t13?,14?,16-/m0/s1. The highest BCUT2D eigenvalue weighted by Gasteiger charge is 2.29. The van der Waals surface area contributed by atoms with E-state index in [1.807, 2.05) is 19.1 Å². The van der Waals surface area contributed by atoms with Crippen LogP contribution in [0.4, 0.5) is 0 Å². The van der Waals surface area contributed by atoms with Crippen LogP contribution in [0.25, 0.3) is 0 Å². The van der Waals surface area contributed by atoms with E-state index >= 15 is 0 Å². The zero-order valence-corrected chi connectivity index (χ0v) is 13.1. The van der Waals surface area contributed by atoms with E-state index in [4.69, 9.17) is 4.42 Å². The summed E-state index contributed by atoms with van der Waals surface area (Å²) in [6, 6.07) is 4.37. The molecule has 21 heavy (non-hydrogen) atoms. The van der Waals surface area contributed by atoms with Gasteiger partial charge in [0.25, 0.3) is 0 Å². The van der Waals surface area contributed by atoms with Crippen molar-refractivity contribution in [3.63, 3.8) is 0 Å². The molecule has 0 aromatic carbocycles. The van der Waals surface area contributed by atoms with E-state index in [1.54, 1.807) is 13.8 Å². The summed E-state index contributed by atoms with van der Waals surface area (Å²) in [7, 11) is 0. The molecule has 3 N–H and O–H groups in total. The van der Waals surface area contributed by atoms with Crippen molar-refractivity contribution in [2.24, 2.45) is 0 Å². The molecule has 1 heterocycles. The molecule has 5 nitrogen and oxygen atoms in total. The summed E-state index contributed by atoms with van der Waals surface area (Å²) in [5, 5.41) is 16.9. The van der Waals surface area contributed by atoms with Crippen LogP contribution in [0.5, 0.6) is 0 Å². The SMILES string of the molecule is CC(=O)NC1CCC(NC[C@](C)(O)c2ccc(C)o2)CC1. The van der Waals surface area contributed by atoms with Crippen molar-refractivity contribution in [3.05, 3.63) is 23.7 Å². The first-order valence-electron chi connectivity index (χ1n) is 7.66. The van der Waals surface area contributed by atoms with Crippen LogP contribution in [-0.2, 0) is 10.4 Å². The fourth-order valence-electron chi connectivity index (χ4n) is 2.88. The van der Waals surface area contributed by atoms with Crippen molar-refractivity contribution in [1.29, 1.82) is 0 Å². The number of hydrogen-bond donors (Lipinski definition) is 3. The minimum Gasteiger partial charge on any atom is -0.463 e. The van der Waals surface area contributed by atoms with Gasteiger partial charge >= 0.3 is 0 Å². The number of aryl methyl sites for hydroxylation is 1. The van der Waals surface area contributed by atoms with Gasteiger partial charge in [0.05, 0.1) is 0 Å². The number of furan rings is 1. The minimum atomic E-state index is -0.997. The zero-order valence-electron chi connectivity index (χ0n) is 13.1. The lowest BCUT2D eigenvalue weighted by Gasteiger charge is -2.31. The maximum atomic E-state index is 11.0. The fraction of sp³-hybridized carbons (Fsp3) is 0.688. The third kappa shape index (κ3) is 4.58. The molecule has 0 aliphatic heterocycles. The van der Waals surface area contributed by atoms with Gasteiger partial charge in [0, 0.05) is 25.6 Å². The van der Waals surface area contributed by atoms with E-state index in [2.05, 4.69) is 10.6 Å². The highest BCUT2D eigenvalue weighted by atomic mass is 16.4. The van der Waals surface area contributed by atoms with Gasteiger partial charge in [-0.15, -0.1) is 0 Å². The molecule has 1 aromatic rings. The van der Waals surface area contributed by atoms with Gasteiger partial charge in [-0.25, -0.2) is 0 Å². The molecule has 1 fully saturated rings. The van der Waals surface area contributed by atoms with Crippen LogP contribution in [0.2, 0.25) is 0 Å². The first kappa shape index (κ1) is 16.0. The molecule has 2 rings (SSSR count). The molecule has 5 heteroatoms. The smallest absolute Gasteiger partial charge is 0.217 e. The number of amides is 1. The highest BCUT2D eigenvalue weighted by Crippen LogP contribution is 2.24. The summed E-state index contributed by atoms with van der Waals surface area (Å²) in [5.41, 5.74) is -0.997. The second-order valence-electron chi connectivity index (χ2n) is 6.31. The molecule has 0 spiro atoms. The Morgan fingerprint density at radius 2 is 1.95 bits per heavy atom. The Morgan fingerprint density at radius 3 is 2.48 bits per heavy atom. The van der Waals surface area contributed by atoms with Crippen molar-refractivity contribution in [2.45, 2.75) is 64.1 Å². The van der Waals surface area contributed by atoms with Gasteiger partial charge in [-0.1, -0.05) is 0 Å². The van der Waals surface area contributed by atoms with E-state index in [-0.39, 0.29) is 5.91 Å². The predicted molar refractivity (Wildman–Crippen MR) is 80.9 cm³/mol. The summed E-state index contributed by atoms with van der Waals surface area (Å²) in [6.45, 7) is 5.67. The Kier molecular flexibility index (Phi) is 5.06. The van der Waals surface area contributed by atoms with E-state index < -0.39 is 5.60 Å². The summed E-state index contributed by atoms with van der Waals surface area (Å²) in [4.78, 5) is 11.0. The second-order valence-corrected chi connectivity index (χ2v) is 6.31. The third-order valence-corrected chi connectivity index (χ3v) is 4.14. The Labute approximate surface area is 126 Å². The number of carbonyl (C=O) groups is 1. The summed E-state index contributed by atoms with van der Waals surface area (Å²) < 4.78 is 5.51. The first-order chi connectivity index (χ1) is 9.87. The summed E-state index contributed by atoms with van der Waals surface area (Å²) >= 11 is 0. The van der Waals surface area contributed by atoms with Crippen LogP contribution in [0.1, 0.15) is 51.1 Å². The second kappa shape index (κ2) is 6.62. The Hall–Kier alpha value is -1.33. The van der Waals surface area contributed by atoms with Crippen LogP contribution in [0, 0.1) is 6.92 Å². The topological polar surface area (TPSA) is 74.5 Å². The molecule has 0 unspecified atom stereocenters. The number of carbonyl (C=O) groups excluding carboxylic acids is 1. The molecule has 118 valence electrons. The number of rotatable bonds is 5. The maximum absolute atomic E-state index is 11.0. The van der Waals surface area contributed by atoms with E-state index in [0.29, 0.717) is 24.4 Å². The first-order valence-corrected chi connectivity index (χ1v) is 7.66. The molecule has 1 amide bonds. The average molecular weight is 294 g/mol. The van der Waals surface area contributed by atoms with Crippen LogP contribution in [-0.4, -0.2) is 29.6 Å². The lowest BCUT2D eigenvalue weighted by atomic mass is 9.90. The van der Waals surface area contributed by atoms with Gasteiger partial charge in [-0.2, -0.15) is 0 Å². The Balaban J connectivity index is 1.78. The van der Waals surface area contributed by atoms with Crippen molar-refractivity contribution < 1.29 is 14.3 Å². The van der Waals surface area contributed by atoms with Crippen molar-refractivity contribution in [2.75, 3.05) is 6.54 Å². The number of aliphatic hydroxyl groups is 1. The average Bonchev–Trinajstić information content (AvgIpc) is 2.85. The van der Waals surface area contributed by atoms with Crippen molar-refractivity contribution in [1.82, 2.24) is 10.6 Å². The van der Waals surface area contributed by atoms with Gasteiger partial charge in [0.2, 0.25) is 5.91 Å². The van der Waals surface area contributed by atoms with Crippen LogP contribution in [0.3, 0.4) is 0 Å². The monoisotopic (exact) mass is 294 g/mol. The Bertz CT molecular complexity index is 474. The van der Waals surface area contributed by atoms with E-state index in [0.717, 1.165) is 31.4 Å². The molecular formula is C16H26N2O3. The normalized spacial score (nSPS) is 25.3. The molecule has 0 saturated heterocycles. The largest absolute Gasteiger partial charge is 0.463 e. The molecule has 0 radical (unpaired) electrons. The van der Waals surface area contributed by atoms with Crippen LogP contribution in [0.15, 0.2) is 16.5 Å². The zero-order chi connectivity index (χ0) is 15.5. The predicted octanol–water partition coefficient (Wildman–Crippen LogP) is 1.83. The van der Waals surface area contributed by atoms with Gasteiger partial charge in [0.1, 0.15) is 17.1 Å². The van der Waals surface area contributed by atoms with Gasteiger partial charge < -0.3 is 20.2 Å². The van der Waals surface area contributed by atoms with Crippen LogP contribution < -0.4 is 10.6 Å². The summed E-state index contributed by atoms with van der Waals surface area (Å²) in [5.74, 6) is 1.45. The Morgan fingerprint density at radius 1 is 1.33 bits per heavy atom. The molecule has 1 aliphatic carbocycles. The van der Waals surface area contributed by atoms with Crippen molar-refractivity contribution >= 4 is 5.91 Å². The van der Waals surface area contributed by atoms with E-state index in [1.165, 1.54) is 0 Å². The number of hydrogen-bond acceptors (Lipinski definition) is 4. The molecule has 1 aliphatic rings. The summed E-state index contributed by atoms with van der Waals surface area (Å²) in [6.07, 6.45) is 3.99. The van der Waals surface area contributed by atoms with Crippen LogP contribution >= 0.6 is 0 Å². The molecule has 1 aromatic heterocycles. The molecule has 1 atom stereocenters. The molecular weight excluding hydrogens is 268 g/mol. The minimum absolute atomic E-state index is 0.0440. The highest BCUT2D eigenvalue weighted by molar-refractivity contribution is 5.73. The van der Waals surface area contributed by atoms with Crippen molar-refractivity contribution in [3.8, 4) is 0 Å². The van der Waals surface area contributed by atoms with Gasteiger partial charge in [0.15, 0.2) is 0 Å². The maximum Gasteiger partial charge on any atom is 0.217 e. The third-order valence-electron chi connectivity index (χ3n) is 4.14. The quantitative estimate of drug-likeness (QED) is 0.774. The molecule has 1 saturated carbocycles. The fourth-order valence-corrected chi connectivity index (χ4v) is 2.88. The van der Waals surface area contributed by atoms with Gasteiger partial charge in [-0.05, 0) is 51.7 Å².